The van der Waals surface area contributed by atoms with Crippen molar-refractivity contribution in [3.05, 3.63) is 23.5 Å². The van der Waals surface area contributed by atoms with E-state index >= 15 is 0 Å². The zero-order valence-electron chi connectivity index (χ0n) is 7.76. The van der Waals surface area contributed by atoms with Crippen LogP contribution in [0.2, 0.25) is 0 Å². The van der Waals surface area contributed by atoms with E-state index in [2.05, 4.69) is 50.1 Å². The minimum atomic E-state index is 1.05. The highest BCUT2D eigenvalue weighted by Crippen LogP contribution is 2.12. The summed E-state index contributed by atoms with van der Waals surface area (Å²) in [6, 6.07) is 0. The first-order chi connectivity index (χ1) is 5.09. The van der Waals surface area contributed by atoms with Gasteiger partial charge in [0.05, 0.1) is 5.70 Å². The van der Waals surface area contributed by atoms with Crippen LogP contribution in [0.15, 0.2) is 23.5 Å². The highest BCUT2D eigenvalue weighted by Gasteiger charge is 2.05. The third-order valence-electron chi connectivity index (χ3n) is 1.76. The van der Waals surface area contributed by atoms with Gasteiger partial charge >= 0.3 is 0 Å². The van der Waals surface area contributed by atoms with Gasteiger partial charge in [-0.1, -0.05) is 5.57 Å². The second-order valence-electron chi connectivity index (χ2n) is 3.35. The molecular weight excluding hydrogens is 136 g/mol. The lowest BCUT2D eigenvalue weighted by Gasteiger charge is -2.25. The lowest BCUT2D eigenvalue weighted by atomic mass is 10.2. The van der Waals surface area contributed by atoms with Crippen molar-refractivity contribution in [1.29, 1.82) is 0 Å². The Bertz CT molecular complexity index is 202. The highest BCUT2D eigenvalue weighted by molar-refractivity contribution is 5.25. The Morgan fingerprint density at radius 2 is 2.09 bits per heavy atom. The van der Waals surface area contributed by atoms with Crippen molar-refractivity contribution in [1.82, 2.24) is 9.80 Å². The van der Waals surface area contributed by atoms with Gasteiger partial charge in [0.15, 0.2) is 0 Å². The Morgan fingerprint density at radius 3 is 2.55 bits per heavy atom. The summed E-state index contributed by atoms with van der Waals surface area (Å²) >= 11 is 0. The van der Waals surface area contributed by atoms with E-state index in [9.17, 15) is 0 Å². The van der Waals surface area contributed by atoms with Crippen LogP contribution >= 0.6 is 0 Å². The number of hydrogen-bond acceptors (Lipinski definition) is 2. The van der Waals surface area contributed by atoms with Crippen molar-refractivity contribution in [2.45, 2.75) is 6.92 Å². The van der Waals surface area contributed by atoms with Crippen LogP contribution in [0.3, 0.4) is 0 Å². The van der Waals surface area contributed by atoms with E-state index in [1.165, 1.54) is 11.3 Å². The van der Waals surface area contributed by atoms with Gasteiger partial charge in [0, 0.05) is 33.9 Å². The van der Waals surface area contributed by atoms with Gasteiger partial charge in [0.25, 0.3) is 0 Å². The summed E-state index contributed by atoms with van der Waals surface area (Å²) in [6.45, 7) is 3.21. The molecule has 1 aliphatic rings. The van der Waals surface area contributed by atoms with E-state index in [4.69, 9.17) is 0 Å². The first-order valence-corrected chi connectivity index (χ1v) is 3.86. The summed E-state index contributed by atoms with van der Waals surface area (Å²) in [5.41, 5.74) is 2.69. The molecule has 0 atom stereocenters. The minimum absolute atomic E-state index is 1.05. The van der Waals surface area contributed by atoms with Crippen molar-refractivity contribution in [2.24, 2.45) is 0 Å². The lowest BCUT2D eigenvalue weighted by Crippen LogP contribution is -2.22. The van der Waals surface area contributed by atoms with Gasteiger partial charge in [-0.25, -0.2) is 0 Å². The summed E-state index contributed by atoms with van der Waals surface area (Å²) in [5, 5.41) is 0. The monoisotopic (exact) mass is 152 g/mol. The molecule has 11 heavy (non-hydrogen) atoms. The Balaban J connectivity index is 2.78. The average Bonchev–Trinajstić information content (AvgIpc) is 1.85. The van der Waals surface area contributed by atoms with Gasteiger partial charge in [0.1, 0.15) is 0 Å². The third-order valence-corrected chi connectivity index (χ3v) is 1.76. The largest absolute Gasteiger partial charge is 0.376 e. The van der Waals surface area contributed by atoms with Gasteiger partial charge in [-0.05, 0) is 13.0 Å². The van der Waals surface area contributed by atoms with Crippen LogP contribution in [0.5, 0.6) is 0 Å². The fourth-order valence-electron chi connectivity index (χ4n) is 1.24. The first kappa shape index (κ1) is 8.18. The van der Waals surface area contributed by atoms with Crippen molar-refractivity contribution < 1.29 is 0 Å². The molecule has 0 aromatic heterocycles. The van der Waals surface area contributed by atoms with E-state index in [1.54, 1.807) is 0 Å². The molecule has 0 aliphatic carbocycles. The highest BCUT2D eigenvalue weighted by atomic mass is 15.1. The van der Waals surface area contributed by atoms with Gasteiger partial charge in [0.2, 0.25) is 0 Å². The Kier molecular flexibility index (Phi) is 2.22. The zero-order chi connectivity index (χ0) is 8.43. The Labute approximate surface area is 68.8 Å². The number of hydrogen-bond donors (Lipinski definition) is 0. The maximum atomic E-state index is 2.22. The normalized spacial score (nSPS) is 17.6. The second-order valence-corrected chi connectivity index (χ2v) is 3.35. The Morgan fingerprint density at radius 1 is 1.45 bits per heavy atom. The first-order valence-electron chi connectivity index (χ1n) is 3.86. The number of likely N-dealkylation sites (N-methyl/N-ethyl adjacent to an activating group) is 2. The minimum Gasteiger partial charge on any atom is -0.376 e. The molecule has 0 saturated heterocycles. The summed E-state index contributed by atoms with van der Waals surface area (Å²) in [7, 11) is 6.23. The molecule has 0 saturated carbocycles. The molecule has 1 heterocycles. The molecule has 2 nitrogen and oxygen atoms in total. The van der Waals surface area contributed by atoms with Crippen molar-refractivity contribution in [3.63, 3.8) is 0 Å². The molecule has 0 radical (unpaired) electrons. The molecule has 0 bridgehead atoms. The van der Waals surface area contributed by atoms with Crippen LogP contribution in [0.4, 0.5) is 0 Å². The zero-order valence-corrected chi connectivity index (χ0v) is 7.76. The topological polar surface area (TPSA) is 6.48 Å². The third kappa shape index (κ3) is 2.00. The van der Waals surface area contributed by atoms with E-state index < -0.39 is 0 Å². The number of rotatable bonds is 1. The van der Waals surface area contributed by atoms with Crippen LogP contribution in [0.25, 0.3) is 0 Å². The van der Waals surface area contributed by atoms with Gasteiger partial charge in [-0.15, -0.1) is 0 Å². The van der Waals surface area contributed by atoms with Crippen molar-refractivity contribution >= 4 is 0 Å². The van der Waals surface area contributed by atoms with Crippen LogP contribution in [-0.4, -0.2) is 37.5 Å². The van der Waals surface area contributed by atoms with E-state index in [0.29, 0.717) is 0 Å². The lowest BCUT2D eigenvalue weighted by molar-refractivity contribution is 0.441. The van der Waals surface area contributed by atoms with Crippen LogP contribution < -0.4 is 0 Å². The average molecular weight is 152 g/mol. The molecule has 0 fully saturated rings. The predicted molar refractivity (Wildman–Crippen MR) is 48.2 cm³/mol. The van der Waals surface area contributed by atoms with Gasteiger partial charge in [-0.2, -0.15) is 0 Å². The second kappa shape index (κ2) is 2.99. The fraction of sp³-hybridized carbons (Fsp3) is 0.556. The van der Waals surface area contributed by atoms with E-state index in [1.807, 2.05) is 0 Å². The molecule has 2 heteroatoms. The standard InChI is InChI=1S/C9H16N2/c1-8-5-9(10(2)3)7-11(4)6-8/h5,7H,6H2,1-4H3. The van der Waals surface area contributed by atoms with E-state index in [-0.39, 0.29) is 0 Å². The van der Waals surface area contributed by atoms with E-state index in [0.717, 1.165) is 6.54 Å². The summed E-state index contributed by atoms with van der Waals surface area (Å²) in [4.78, 5) is 4.32. The molecule has 0 aromatic rings. The molecule has 1 aliphatic heterocycles. The Hall–Kier alpha value is -0.920. The molecule has 62 valence electrons. The summed E-state index contributed by atoms with van der Waals surface area (Å²) < 4.78 is 0. The van der Waals surface area contributed by atoms with Crippen LogP contribution in [-0.2, 0) is 0 Å². The van der Waals surface area contributed by atoms with Gasteiger partial charge < -0.3 is 9.80 Å². The van der Waals surface area contributed by atoms with Crippen LogP contribution in [0, 0.1) is 0 Å². The molecule has 0 unspecified atom stereocenters. The van der Waals surface area contributed by atoms with Crippen molar-refractivity contribution in [2.75, 3.05) is 27.7 Å². The maximum Gasteiger partial charge on any atom is 0.0522 e. The van der Waals surface area contributed by atoms with Crippen LogP contribution in [0.1, 0.15) is 6.92 Å². The number of nitrogens with zero attached hydrogens (tertiary/aromatic N) is 2. The fourth-order valence-corrected chi connectivity index (χ4v) is 1.24. The van der Waals surface area contributed by atoms with Crippen molar-refractivity contribution in [3.8, 4) is 0 Å². The predicted octanol–water partition coefficient (Wildman–Crippen LogP) is 1.28. The van der Waals surface area contributed by atoms with Gasteiger partial charge in [-0.3, -0.25) is 0 Å². The summed E-state index contributed by atoms with van der Waals surface area (Å²) in [5.74, 6) is 0. The summed E-state index contributed by atoms with van der Waals surface area (Å²) in [6.07, 6.45) is 4.38. The molecular formula is C9H16N2. The quantitative estimate of drug-likeness (QED) is 0.558. The molecule has 0 amide bonds. The SMILES string of the molecule is CC1=CC(N(C)C)=CN(C)C1. The molecule has 1 rings (SSSR count). The molecule has 0 spiro atoms. The smallest absolute Gasteiger partial charge is 0.0522 e. The maximum absolute atomic E-state index is 2.22. The number of allylic oxidation sites excluding steroid dienone is 1. The molecule has 0 N–H and O–H groups in total. The molecule has 0 aromatic carbocycles.